The molecule has 0 saturated heterocycles. The van der Waals surface area contributed by atoms with Crippen molar-refractivity contribution < 1.29 is 48.4 Å². The summed E-state index contributed by atoms with van der Waals surface area (Å²) in [6, 6.07) is 13.0. The van der Waals surface area contributed by atoms with Crippen LogP contribution in [-0.2, 0) is 51.7 Å². The fraction of sp³-hybridized carbons (Fsp3) is 0.241. The number of carboxylic acids is 4. The Balaban J connectivity index is 0.000000375. The number of benzene rings is 2. The molecule has 1 aliphatic carbocycles. The highest BCUT2D eigenvalue weighted by Crippen LogP contribution is 2.38. The molecule has 12 nitrogen and oxygen atoms in total. The van der Waals surface area contributed by atoms with Crippen molar-refractivity contribution in [3.63, 3.8) is 0 Å². The van der Waals surface area contributed by atoms with Crippen LogP contribution in [0.4, 0.5) is 14.6 Å². The summed E-state index contributed by atoms with van der Waals surface area (Å²) in [6.45, 7) is 1.70. The molecule has 0 atom stereocenters. The zero-order valence-corrected chi connectivity index (χ0v) is 23.9. The van der Waals surface area contributed by atoms with E-state index in [0.717, 1.165) is 45.8 Å². The highest BCUT2D eigenvalue weighted by atomic mass is 32.1. The van der Waals surface area contributed by atoms with Crippen LogP contribution in [0.25, 0.3) is 10.2 Å². The molecule has 0 saturated carbocycles. The summed E-state index contributed by atoms with van der Waals surface area (Å²) in [4.78, 5) is 48.5. The maximum atomic E-state index is 13.3. The molecule has 0 fully saturated rings. The van der Waals surface area contributed by atoms with Gasteiger partial charge in [0.2, 0.25) is 0 Å². The van der Waals surface area contributed by atoms with E-state index >= 15 is 0 Å². The maximum absolute atomic E-state index is 13.3. The number of rotatable bonds is 7. The maximum Gasteiger partial charge on any atom is 0.414 e. The van der Waals surface area contributed by atoms with Crippen molar-refractivity contribution in [2.45, 2.75) is 45.3 Å². The Kier molecular flexibility index (Phi) is 12.2. The predicted molar refractivity (Wildman–Crippen MR) is 155 cm³/mol. The average molecular weight is 631 g/mol. The van der Waals surface area contributed by atoms with Crippen LogP contribution in [0.5, 0.6) is 0 Å². The first kappa shape index (κ1) is 33.5. The first-order chi connectivity index (χ1) is 20.9. The van der Waals surface area contributed by atoms with Crippen molar-refractivity contribution in [3.8, 4) is 0 Å². The monoisotopic (exact) mass is 630 g/mol. The molecule has 5 rings (SSSR count). The van der Waals surface area contributed by atoms with E-state index in [1.54, 1.807) is 35.6 Å². The molecule has 0 radical (unpaired) electrons. The third-order valence-electron chi connectivity index (χ3n) is 6.13. The van der Waals surface area contributed by atoms with Crippen LogP contribution < -0.4 is 10.6 Å². The molecule has 1 aliphatic rings. The standard InChI is InChI=1S/C25H24F2N4S.2C2H2O4/c26-18-9-5-16(6-10-18)13-28-15-22-30-24(29-14-17-7-11-19(27)12-8-17)23-20-3-1-2-4-21(20)32-25(23)31-22;2*3-1(4)2(5)6/h5-12,28H,1-4,13-15H2,(H,29,30,31);2*(H,3,4)(H,5,6). The van der Waals surface area contributed by atoms with Gasteiger partial charge in [-0.3, -0.25) is 0 Å². The van der Waals surface area contributed by atoms with Crippen LogP contribution in [0.1, 0.15) is 40.2 Å². The van der Waals surface area contributed by atoms with E-state index in [1.165, 1.54) is 47.5 Å². The molecule has 0 spiro atoms. The lowest BCUT2D eigenvalue weighted by Crippen LogP contribution is -2.16. The summed E-state index contributed by atoms with van der Waals surface area (Å²) in [5, 5.41) is 37.5. The number of nitrogens with zero attached hydrogens (tertiary/aromatic N) is 2. The molecule has 232 valence electrons. The van der Waals surface area contributed by atoms with Gasteiger partial charge in [-0.1, -0.05) is 24.3 Å². The number of nitrogens with one attached hydrogen (secondary N) is 2. The minimum atomic E-state index is -1.82. The van der Waals surface area contributed by atoms with Gasteiger partial charge in [0, 0.05) is 18.0 Å². The summed E-state index contributed by atoms with van der Waals surface area (Å²) in [5.74, 6) is -6.20. The Morgan fingerprint density at radius 3 is 1.73 bits per heavy atom. The number of carboxylic acid groups (broad SMARTS) is 4. The van der Waals surface area contributed by atoms with Crippen LogP contribution in [-0.4, -0.2) is 54.3 Å². The second-order valence-electron chi connectivity index (χ2n) is 9.31. The first-order valence-electron chi connectivity index (χ1n) is 13.1. The van der Waals surface area contributed by atoms with Gasteiger partial charge in [0.05, 0.1) is 11.9 Å². The Hall–Kier alpha value is -5.02. The molecule has 0 bridgehead atoms. The van der Waals surface area contributed by atoms with Crippen molar-refractivity contribution >= 4 is 51.2 Å². The Labute approximate surface area is 253 Å². The summed E-state index contributed by atoms with van der Waals surface area (Å²) < 4.78 is 26.4. The fourth-order valence-corrected chi connectivity index (χ4v) is 5.40. The Morgan fingerprint density at radius 1 is 0.705 bits per heavy atom. The van der Waals surface area contributed by atoms with E-state index in [-0.39, 0.29) is 11.6 Å². The third kappa shape index (κ3) is 10.1. The Morgan fingerprint density at radius 2 is 1.20 bits per heavy atom. The molecule has 2 aromatic carbocycles. The van der Waals surface area contributed by atoms with Gasteiger partial charge in [0.1, 0.15) is 28.1 Å². The molecular weight excluding hydrogens is 602 g/mol. The third-order valence-corrected chi connectivity index (χ3v) is 7.31. The lowest BCUT2D eigenvalue weighted by Gasteiger charge is -2.14. The van der Waals surface area contributed by atoms with Crippen LogP contribution in [0.15, 0.2) is 48.5 Å². The van der Waals surface area contributed by atoms with Crippen molar-refractivity contribution in [2.24, 2.45) is 0 Å². The van der Waals surface area contributed by atoms with Crippen LogP contribution in [0, 0.1) is 11.6 Å². The van der Waals surface area contributed by atoms with E-state index in [2.05, 4.69) is 10.6 Å². The second kappa shape index (κ2) is 16.0. The summed E-state index contributed by atoms with van der Waals surface area (Å²) in [5.41, 5.74) is 3.38. The number of anilines is 1. The van der Waals surface area contributed by atoms with Crippen LogP contribution in [0.2, 0.25) is 0 Å². The topological polar surface area (TPSA) is 199 Å². The molecule has 15 heteroatoms. The minimum absolute atomic E-state index is 0.235. The summed E-state index contributed by atoms with van der Waals surface area (Å²) >= 11 is 1.77. The van der Waals surface area contributed by atoms with Crippen molar-refractivity contribution in [1.29, 1.82) is 0 Å². The van der Waals surface area contributed by atoms with Gasteiger partial charge in [0.15, 0.2) is 0 Å². The quantitative estimate of drug-likeness (QED) is 0.160. The molecule has 2 aromatic heterocycles. The lowest BCUT2D eigenvalue weighted by molar-refractivity contribution is -0.159. The molecule has 0 aliphatic heterocycles. The lowest BCUT2D eigenvalue weighted by atomic mass is 9.97. The van der Waals surface area contributed by atoms with E-state index < -0.39 is 23.9 Å². The van der Waals surface area contributed by atoms with Gasteiger partial charge >= 0.3 is 23.9 Å². The van der Waals surface area contributed by atoms with Gasteiger partial charge in [0.25, 0.3) is 0 Å². The Bertz CT molecular complexity index is 1580. The zero-order valence-electron chi connectivity index (χ0n) is 23.0. The van der Waals surface area contributed by atoms with E-state index in [0.29, 0.717) is 19.6 Å². The summed E-state index contributed by atoms with van der Waals surface area (Å²) in [6.07, 6.45) is 4.58. The van der Waals surface area contributed by atoms with Gasteiger partial charge in [-0.25, -0.2) is 37.9 Å². The summed E-state index contributed by atoms with van der Waals surface area (Å²) in [7, 11) is 0. The van der Waals surface area contributed by atoms with Crippen LogP contribution in [0.3, 0.4) is 0 Å². The molecule has 0 unspecified atom stereocenters. The molecular formula is C29H28F2N4O8S. The van der Waals surface area contributed by atoms with E-state index in [9.17, 15) is 8.78 Å². The van der Waals surface area contributed by atoms with Gasteiger partial charge < -0.3 is 31.1 Å². The number of halogens is 2. The largest absolute Gasteiger partial charge is 0.473 e. The predicted octanol–water partition coefficient (Wildman–Crippen LogP) is 4.06. The number of aromatic nitrogens is 2. The van der Waals surface area contributed by atoms with Crippen LogP contribution >= 0.6 is 11.3 Å². The minimum Gasteiger partial charge on any atom is -0.473 e. The number of fused-ring (bicyclic) bond motifs is 3. The number of aryl methyl sites for hydroxylation is 2. The average Bonchev–Trinajstić information content (AvgIpc) is 3.37. The number of hydrogen-bond donors (Lipinski definition) is 6. The smallest absolute Gasteiger partial charge is 0.414 e. The molecule has 44 heavy (non-hydrogen) atoms. The molecule has 6 N–H and O–H groups in total. The molecule has 4 aromatic rings. The van der Waals surface area contributed by atoms with Crippen molar-refractivity contribution in [1.82, 2.24) is 15.3 Å². The van der Waals surface area contributed by atoms with Crippen molar-refractivity contribution in [3.05, 3.63) is 87.6 Å². The number of thiophene rings is 1. The van der Waals surface area contributed by atoms with Gasteiger partial charge in [-0.05, 0) is 66.6 Å². The highest BCUT2D eigenvalue weighted by Gasteiger charge is 2.21. The highest BCUT2D eigenvalue weighted by molar-refractivity contribution is 7.19. The molecule has 0 amide bonds. The van der Waals surface area contributed by atoms with Gasteiger partial charge in [-0.2, -0.15) is 0 Å². The number of hydrogen-bond acceptors (Lipinski definition) is 9. The normalized spacial score (nSPS) is 11.7. The van der Waals surface area contributed by atoms with Crippen molar-refractivity contribution in [2.75, 3.05) is 5.32 Å². The fourth-order valence-electron chi connectivity index (χ4n) is 4.12. The first-order valence-corrected chi connectivity index (χ1v) is 13.9. The molecule has 2 heterocycles. The van der Waals surface area contributed by atoms with Gasteiger partial charge in [-0.15, -0.1) is 11.3 Å². The second-order valence-corrected chi connectivity index (χ2v) is 10.4. The zero-order chi connectivity index (χ0) is 32.2. The van der Waals surface area contributed by atoms with E-state index in [1.807, 2.05) is 0 Å². The van der Waals surface area contributed by atoms with E-state index in [4.69, 9.17) is 49.6 Å². The SMILES string of the molecule is Fc1ccc(CNCc2nc(NCc3ccc(F)cc3)c3c4c(sc3n2)CCCC4)cc1.O=C(O)C(=O)O.O=C(O)C(=O)O. The number of carbonyl (C=O) groups is 4. The number of aliphatic carboxylic acids is 4.